The molecule has 0 spiro atoms. The number of nitrogens with one attached hydrogen (secondary N) is 1. The van der Waals surface area contributed by atoms with E-state index in [9.17, 15) is 9.59 Å². The van der Waals surface area contributed by atoms with Gasteiger partial charge >= 0.3 is 0 Å². The number of benzene rings is 3. The van der Waals surface area contributed by atoms with Gasteiger partial charge in [0.15, 0.2) is 0 Å². The van der Waals surface area contributed by atoms with Crippen molar-refractivity contribution < 1.29 is 14.3 Å². The molecule has 168 valence electrons. The number of anilines is 3. The highest BCUT2D eigenvalue weighted by Gasteiger charge is 2.40. The molecule has 1 aliphatic rings. The quantitative estimate of drug-likeness (QED) is 0.502. The van der Waals surface area contributed by atoms with Crippen molar-refractivity contribution in [2.24, 2.45) is 0 Å². The first-order valence-corrected chi connectivity index (χ1v) is 11.0. The SMILES string of the molecule is CCN(CC)c1ccc(N2C(=O)C(Nc3ccccc3OC)=C(c3ccccc3)C2=O)cc1. The summed E-state index contributed by atoms with van der Waals surface area (Å²) in [6.45, 7) is 5.95. The molecule has 6 nitrogen and oxygen atoms in total. The largest absolute Gasteiger partial charge is 0.495 e. The van der Waals surface area contributed by atoms with Gasteiger partial charge in [0, 0.05) is 18.8 Å². The summed E-state index contributed by atoms with van der Waals surface area (Å²) in [5, 5.41) is 3.17. The van der Waals surface area contributed by atoms with Crippen LogP contribution < -0.4 is 19.9 Å². The predicted molar refractivity (Wildman–Crippen MR) is 132 cm³/mol. The van der Waals surface area contributed by atoms with Crippen LogP contribution in [0.4, 0.5) is 17.1 Å². The van der Waals surface area contributed by atoms with Gasteiger partial charge in [-0.15, -0.1) is 0 Å². The smallest absolute Gasteiger partial charge is 0.282 e. The molecular formula is C27H27N3O3. The van der Waals surface area contributed by atoms with Crippen LogP contribution >= 0.6 is 0 Å². The minimum absolute atomic E-state index is 0.225. The van der Waals surface area contributed by atoms with E-state index >= 15 is 0 Å². The highest BCUT2D eigenvalue weighted by Crippen LogP contribution is 2.36. The summed E-state index contributed by atoms with van der Waals surface area (Å²) in [4.78, 5) is 30.6. The molecule has 0 aromatic heterocycles. The van der Waals surface area contributed by atoms with Crippen molar-refractivity contribution in [3.63, 3.8) is 0 Å². The number of ether oxygens (including phenoxy) is 1. The summed E-state index contributed by atoms with van der Waals surface area (Å²) < 4.78 is 5.43. The molecule has 0 unspecified atom stereocenters. The fourth-order valence-corrected chi connectivity index (χ4v) is 4.04. The van der Waals surface area contributed by atoms with E-state index in [1.807, 2.05) is 72.8 Å². The molecule has 0 aliphatic carbocycles. The van der Waals surface area contributed by atoms with Crippen LogP contribution in [0.1, 0.15) is 19.4 Å². The van der Waals surface area contributed by atoms with Crippen LogP contribution in [0.25, 0.3) is 5.57 Å². The Bertz CT molecular complexity index is 1180. The molecule has 0 atom stereocenters. The topological polar surface area (TPSA) is 61.9 Å². The highest BCUT2D eigenvalue weighted by atomic mass is 16.5. The van der Waals surface area contributed by atoms with Gasteiger partial charge < -0.3 is 15.0 Å². The molecule has 0 saturated carbocycles. The number of amides is 2. The van der Waals surface area contributed by atoms with E-state index in [2.05, 4.69) is 24.1 Å². The first-order valence-electron chi connectivity index (χ1n) is 11.0. The second-order valence-electron chi connectivity index (χ2n) is 7.58. The number of hydrogen-bond donors (Lipinski definition) is 1. The third kappa shape index (κ3) is 4.20. The lowest BCUT2D eigenvalue weighted by molar-refractivity contribution is -0.120. The van der Waals surface area contributed by atoms with E-state index in [4.69, 9.17) is 4.74 Å². The highest BCUT2D eigenvalue weighted by molar-refractivity contribution is 6.46. The van der Waals surface area contributed by atoms with E-state index in [0.717, 1.165) is 18.8 Å². The van der Waals surface area contributed by atoms with Crippen LogP contribution in [-0.2, 0) is 9.59 Å². The maximum atomic E-state index is 13.6. The molecule has 3 aromatic carbocycles. The summed E-state index contributed by atoms with van der Waals surface area (Å²) in [7, 11) is 1.57. The van der Waals surface area contributed by atoms with Crippen LogP contribution in [0, 0.1) is 0 Å². The van der Waals surface area contributed by atoms with Crippen LogP contribution in [0.2, 0.25) is 0 Å². The molecule has 6 heteroatoms. The first kappa shape index (κ1) is 22.1. The van der Waals surface area contributed by atoms with Gasteiger partial charge in [-0.25, -0.2) is 4.90 Å². The van der Waals surface area contributed by atoms with Gasteiger partial charge in [0.05, 0.1) is 24.1 Å². The van der Waals surface area contributed by atoms with Crippen LogP contribution in [0.3, 0.4) is 0 Å². The molecule has 2 amide bonds. The van der Waals surface area contributed by atoms with Gasteiger partial charge in [-0.3, -0.25) is 9.59 Å². The van der Waals surface area contributed by atoms with Gasteiger partial charge in [0.25, 0.3) is 11.8 Å². The molecule has 0 fully saturated rings. The van der Waals surface area contributed by atoms with E-state index in [-0.39, 0.29) is 11.6 Å². The van der Waals surface area contributed by atoms with Crippen LogP contribution in [0.5, 0.6) is 5.75 Å². The van der Waals surface area contributed by atoms with E-state index in [1.54, 1.807) is 13.2 Å². The maximum Gasteiger partial charge on any atom is 0.282 e. The lowest BCUT2D eigenvalue weighted by Gasteiger charge is -2.22. The lowest BCUT2D eigenvalue weighted by atomic mass is 10.0. The number of para-hydroxylation sites is 2. The average Bonchev–Trinajstić information content (AvgIpc) is 3.10. The maximum absolute atomic E-state index is 13.6. The summed E-state index contributed by atoms with van der Waals surface area (Å²) in [6, 6.07) is 24.1. The second-order valence-corrected chi connectivity index (χ2v) is 7.58. The first-order chi connectivity index (χ1) is 16.1. The molecule has 1 aliphatic heterocycles. The monoisotopic (exact) mass is 441 g/mol. The van der Waals surface area contributed by atoms with E-state index in [0.29, 0.717) is 28.3 Å². The third-order valence-corrected chi connectivity index (χ3v) is 5.75. The Balaban J connectivity index is 1.75. The number of rotatable bonds is 8. The number of carbonyl (C=O) groups is 2. The number of nitrogens with zero attached hydrogens (tertiary/aromatic N) is 2. The molecular weight excluding hydrogens is 414 g/mol. The fourth-order valence-electron chi connectivity index (χ4n) is 4.04. The predicted octanol–water partition coefficient (Wildman–Crippen LogP) is 4.94. The summed E-state index contributed by atoms with van der Waals surface area (Å²) in [5.41, 5.74) is 3.43. The van der Waals surface area contributed by atoms with Crippen molar-refractivity contribution in [1.82, 2.24) is 0 Å². The lowest BCUT2D eigenvalue weighted by Crippen LogP contribution is -2.32. The van der Waals surface area contributed by atoms with Crippen LogP contribution in [-0.4, -0.2) is 32.0 Å². The Kier molecular flexibility index (Phi) is 6.45. The van der Waals surface area contributed by atoms with Crippen molar-refractivity contribution in [2.75, 3.05) is 35.3 Å². The molecule has 0 saturated heterocycles. The number of carbonyl (C=O) groups excluding carboxylic acids is 2. The van der Waals surface area contributed by atoms with E-state index < -0.39 is 5.91 Å². The van der Waals surface area contributed by atoms with E-state index in [1.165, 1.54) is 4.90 Å². The molecule has 3 aromatic rings. The summed E-state index contributed by atoms with van der Waals surface area (Å²) in [5.74, 6) is -0.181. The van der Waals surface area contributed by atoms with Gasteiger partial charge in [0.1, 0.15) is 11.4 Å². The normalized spacial score (nSPS) is 13.5. The third-order valence-electron chi connectivity index (χ3n) is 5.75. The van der Waals surface area contributed by atoms with Crippen LogP contribution in [0.15, 0.2) is 84.6 Å². The Morgan fingerprint density at radius 1 is 0.818 bits per heavy atom. The average molecular weight is 442 g/mol. The second kappa shape index (κ2) is 9.61. The molecule has 0 radical (unpaired) electrons. The van der Waals surface area contributed by atoms with Crippen molar-refractivity contribution in [2.45, 2.75) is 13.8 Å². The van der Waals surface area contributed by atoms with Gasteiger partial charge in [-0.1, -0.05) is 42.5 Å². The fraction of sp³-hybridized carbons (Fsp3) is 0.185. The Morgan fingerprint density at radius 3 is 2.09 bits per heavy atom. The molecule has 1 N–H and O–H groups in total. The Morgan fingerprint density at radius 2 is 1.45 bits per heavy atom. The zero-order chi connectivity index (χ0) is 23.4. The number of hydrogen-bond acceptors (Lipinski definition) is 5. The number of imide groups is 1. The zero-order valence-electron chi connectivity index (χ0n) is 19.0. The molecule has 33 heavy (non-hydrogen) atoms. The van der Waals surface area contributed by atoms with Crippen molar-refractivity contribution in [1.29, 1.82) is 0 Å². The molecule has 1 heterocycles. The van der Waals surface area contributed by atoms with Gasteiger partial charge in [-0.2, -0.15) is 0 Å². The molecule has 4 rings (SSSR count). The Labute approximate surface area is 194 Å². The van der Waals surface area contributed by atoms with Crippen molar-refractivity contribution in [3.8, 4) is 5.75 Å². The molecule has 0 bridgehead atoms. The zero-order valence-corrected chi connectivity index (χ0v) is 19.0. The Hall–Kier alpha value is -4.06. The van der Waals surface area contributed by atoms with Crippen molar-refractivity contribution >= 4 is 34.4 Å². The van der Waals surface area contributed by atoms with Gasteiger partial charge in [0.2, 0.25) is 0 Å². The number of methoxy groups -OCH3 is 1. The minimum Gasteiger partial charge on any atom is -0.495 e. The summed E-state index contributed by atoms with van der Waals surface area (Å²) in [6.07, 6.45) is 0. The van der Waals surface area contributed by atoms with Crippen molar-refractivity contribution in [3.05, 3.63) is 90.1 Å². The standard InChI is InChI=1S/C27H27N3O3/c1-4-29(5-2)20-15-17-21(18-16-20)30-26(31)24(19-11-7-6-8-12-19)25(27(30)32)28-22-13-9-10-14-23(22)33-3/h6-18,28H,4-5H2,1-3H3. The summed E-state index contributed by atoms with van der Waals surface area (Å²) >= 11 is 0. The minimum atomic E-state index is -0.402. The van der Waals surface area contributed by atoms with Gasteiger partial charge in [-0.05, 0) is 55.8 Å².